The van der Waals surface area contributed by atoms with Crippen molar-refractivity contribution in [1.29, 1.82) is 0 Å². The Balaban J connectivity index is 1.69. The molecule has 0 saturated heterocycles. The van der Waals surface area contributed by atoms with Crippen molar-refractivity contribution >= 4 is 22.9 Å². The predicted octanol–water partition coefficient (Wildman–Crippen LogP) is 5.85. The maximum Gasteiger partial charge on any atom is 0.134 e. The number of hydrogen-bond donors (Lipinski definition) is 1. The van der Waals surface area contributed by atoms with E-state index >= 15 is 0 Å². The Bertz CT molecular complexity index is 1040. The third-order valence-corrected chi connectivity index (χ3v) is 5.00. The highest BCUT2D eigenvalue weighted by Crippen LogP contribution is 2.45. The summed E-state index contributed by atoms with van der Waals surface area (Å²) in [6.07, 6.45) is 10.1. The lowest BCUT2D eigenvalue weighted by Crippen LogP contribution is -2.10. The summed E-state index contributed by atoms with van der Waals surface area (Å²) in [6, 6.07) is 16.3. The monoisotopic (exact) mass is 326 g/mol. The van der Waals surface area contributed by atoms with E-state index in [2.05, 4.69) is 42.5 Å². The van der Waals surface area contributed by atoms with E-state index in [1.807, 2.05) is 30.3 Å². The van der Waals surface area contributed by atoms with E-state index in [1.54, 1.807) is 0 Å². The normalized spacial score (nSPS) is 19.2. The summed E-state index contributed by atoms with van der Waals surface area (Å²) in [5.41, 5.74) is 3.92. The summed E-state index contributed by atoms with van der Waals surface area (Å²) in [6.45, 7) is 0. The number of aliphatic hydroxyl groups excluding tert-OH is 1. The molecule has 2 aliphatic rings. The molecule has 3 aromatic carbocycles. The van der Waals surface area contributed by atoms with Crippen molar-refractivity contribution in [3.63, 3.8) is 0 Å². The topological polar surface area (TPSA) is 29.5 Å². The van der Waals surface area contributed by atoms with E-state index in [0.717, 1.165) is 57.4 Å². The summed E-state index contributed by atoms with van der Waals surface area (Å²) in [7, 11) is 0. The fourth-order valence-electron chi connectivity index (χ4n) is 3.66. The van der Waals surface area contributed by atoms with E-state index < -0.39 is 6.10 Å². The molecule has 0 radical (unpaired) electrons. The summed E-state index contributed by atoms with van der Waals surface area (Å²) in [5.74, 6) is 1.48. The molecule has 1 N–H and O–H groups in total. The second-order valence-corrected chi connectivity index (χ2v) is 6.64. The van der Waals surface area contributed by atoms with Crippen LogP contribution in [0, 0.1) is 0 Å². The Labute approximate surface area is 146 Å². The van der Waals surface area contributed by atoms with Crippen molar-refractivity contribution in [2.45, 2.75) is 18.9 Å². The van der Waals surface area contributed by atoms with Crippen LogP contribution in [0.25, 0.3) is 22.9 Å². The van der Waals surface area contributed by atoms with Gasteiger partial charge in [0.05, 0.1) is 0 Å². The van der Waals surface area contributed by atoms with Crippen LogP contribution in [0.3, 0.4) is 0 Å². The van der Waals surface area contributed by atoms with Crippen molar-refractivity contribution < 1.29 is 9.84 Å². The van der Waals surface area contributed by atoms with Crippen LogP contribution in [-0.4, -0.2) is 5.11 Å². The van der Waals surface area contributed by atoms with Crippen LogP contribution in [0.1, 0.15) is 41.2 Å². The van der Waals surface area contributed by atoms with Crippen molar-refractivity contribution in [3.05, 3.63) is 82.9 Å². The number of allylic oxidation sites excluding steroid dienone is 2. The second-order valence-electron chi connectivity index (χ2n) is 6.64. The molecule has 1 aliphatic heterocycles. The zero-order valence-corrected chi connectivity index (χ0v) is 13.8. The summed E-state index contributed by atoms with van der Waals surface area (Å²) >= 11 is 0. The molecule has 2 nitrogen and oxygen atoms in total. The first-order valence-corrected chi connectivity index (χ1v) is 8.69. The highest BCUT2D eigenvalue weighted by atomic mass is 16.5. The first-order valence-electron chi connectivity index (χ1n) is 8.69. The van der Waals surface area contributed by atoms with Crippen LogP contribution in [0.2, 0.25) is 0 Å². The maximum absolute atomic E-state index is 11.0. The second kappa shape index (κ2) is 5.61. The molecule has 5 rings (SSSR count). The van der Waals surface area contributed by atoms with Gasteiger partial charge in [-0.3, -0.25) is 0 Å². The standard InChI is InChI=1S/C23H18O2/c24-23-19-11-15-7-3-1-2-4-8-17(15)13-21(19)25-22-14-18-10-6-5-9-16(18)12-20(22)23/h3-14,23-24H,1-2H2/b7-3?,8-4-. The van der Waals surface area contributed by atoms with E-state index in [4.69, 9.17) is 4.74 Å². The van der Waals surface area contributed by atoms with E-state index in [1.165, 1.54) is 0 Å². The minimum absolute atomic E-state index is 0.670. The minimum atomic E-state index is -0.670. The SMILES string of the molecule is OC1c2cc3c(cc2Oc2cc4ccccc4cc21)/C=C\CCC=C3. The fraction of sp³-hybridized carbons (Fsp3) is 0.130. The summed E-state index contributed by atoms with van der Waals surface area (Å²) in [4.78, 5) is 0. The van der Waals surface area contributed by atoms with Crippen LogP contribution < -0.4 is 4.74 Å². The van der Waals surface area contributed by atoms with Gasteiger partial charge in [-0.05, 0) is 59.0 Å². The van der Waals surface area contributed by atoms with Crippen LogP contribution >= 0.6 is 0 Å². The molecule has 1 heterocycles. The zero-order valence-electron chi connectivity index (χ0n) is 13.8. The van der Waals surface area contributed by atoms with Crippen molar-refractivity contribution in [2.75, 3.05) is 0 Å². The molecule has 1 aliphatic carbocycles. The largest absolute Gasteiger partial charge is 0.457 e. The van der Waals surface area contributed by atoms with E-state index in [0.29, 0.717) is 0 Å². The Kier molecular flexibility index (Phi) is 3.25. The lowest BCUT2D eigenvalue weighted by atomic mass is 9.91. The Morgan fingerprint density at radius 1 is 0.760 bits per heavy atom. The van der Waals surface area contributed by atoms with Gasteiger partial charge in [0.2, 0.25) is 0 Å². The molecule has 0 fully saturated rings. The fourth-order valence-corrected chi connectivity index (χ4v) is 3.66. The van der Waals surface area contributed by atoms with Gasteiger partial charge in [0.25, 0.3) is 0 Å². The molecular weight excluding hydrogens is 308 g/mol. The van der Waals surface area contributed by atoms with Crippen LogP contribution in [0.5, 0.6) is 11.5 Å². The van der Waals surface area contributed by atoms with E-state index in [-0.39, 0.29) is 0 Å². The van der Waals surface area contributed by atoms with Gasteiger partial charge in [-0.1, -0.05) is 48.6 Å². The van der Waals surface area contributed by atoms with Gasteiger partial charge >= 0.3 is 0 Å². The van der Waals surface area contributed by atoms with Crippen molar-refractivity contribution in [1.82, 2.24) is 0 Å². The number of ether oxygens (including phenoxy) is 1. The van der Waals surface area contributed by atoms with Gasteiger partial charge in [0, 0.05) is 11.1 Å². The number of fused-ring (bicyclic) bond motifs is 4. The summed E-state index contributed by atoms with van der Waals surface area (Å²) in [5, 5.41) is 13.2. The molecule has 2 heteroatoms. The molecule has 1 atom stereocenters. The number of rotatable bonds is 0. The molecular formula is C23H18O2. The van der Waals surface area contributed by atoms with Gasteiger partial charge in [-0.2, -0.15) is 0 Å². The number of hydrogen-bond acceptors (Lipinski definition) is 2. The average Bonchev–Trinajstić information content (AvgIpc) is 2.61. The number of benzene rings is 3. The molecule has 0 saturated carbocycles. The molecule has 0 bridgehead atoms. The highest BCUT2D eigenvalue weighted by molar-refractivity contribution is 5.86. The molecule has 0 spiro atoms. The third-order valence-electron chi connectivity index (χ3n) is 5.00. The molecule has 25 heavy (non-hydrogen) atoms. The zero-order chi connectivity index (χ0) is 16.8. The first-order chi connectivity index (χ1) is 12.3. The maximum atomic E-state index is 11.0. The highest BCUT2D eigenvalue weighted by Gasteiger charge is 2.27. The van der Waals surface area contributed by atoms with Crippen LogP contribution in [-0.2, 0) is 0 Å². The van der Waals surface area contributed by atoms with Gasteiger partial charge in [0.15, 0.2) is 0 Å². The van der Waals surface area contributed by atoms with Crippen molar-refractivity contribution in [3.8, 4) is 11.5 Å². The van der Waals surface area contributed by atoms with Crippen molar-refractivity contribution in [2.24, 2.45) is 0 Å². The molecule has 0 aromatic heterocycles. The Morgan fingerprint density at radius 3 is 2.12 bits per heavy atom. The summed E-state index contributed by atoms with van der Waals surface area (Å²) < 4.78 is 6.18. The van der Waals surface area contributed by atoms with Gasteiger partial charge in [-0.15, -0.1) is 0 Å². The van der Waals surface area contributed by atoms with Gasteiger partial charge in [0.1, 0.15) is 17.6 Å². The average molecular weight is 326 g/mol. The predicted molar refractivity (Wildman–Crippen MR) is 102 cm³/mol. The van der Waals surface area contributed by atoms with Crippen LogP contribution in [0.4, 0.5) is 0 Å². The lowest BCUT2D eigenvalue weighted by molar-refractivity contribution is 0.203. The Hall–Kier alpha value is -2.84. The van der Waals surface area contributed by atoms with Gasteiger partial charge in [-0.25, -0.2) is 0 Å². The number of aliphatic hydroxyl groups is 1. The quantitative estimate of drug-likeness (QED) is 0.562. The third kappa shape index (κ3) is 2.38. The van der Waals surface area contributed by atoms with Crippen LogP contribution in [0.15, 0.2) is 60.7 Å². The van der Waals surface area contributed by atoms with E-state index in [9.17, 15) is 5.11 Å². The molecule has 122 valence electrons. The molecule has 3 aromatic rings. The first kappa shape index (κ1) is 14.5. The van der Waals surface area contributed by atoms with Gasteiger partial charge < -0.3 is 9.84 Å². The smallest absolute Gasteiger partial charge is 0.134 e. The lowest BCUT2D eigenvalue weighted by Gasteiger charge is -2.26. The Morgan fingerprint density at radius 2 is 1.36 bits per heavy atom. The molecule has 0 amide bonds. The molecule has 1 unspecified atom stereocenters. The minimum Gasteiger partial charge on any atom is -0.457 e.